The van der Waals surface area contributed by atoms with E-state index in [1.165, 1.54) is 38.5 Å². The average Bonchev–Trinajstić information content (AvgIpc) is 2.29. The molecule has 17 heavy (non-hydrogen) atoms. The fourth-order valence-corrected chi connectivity index (χ4v) is 3.02. The molecular weight excluding hydrogens is 212 g/mol. The first-order valence-corrected chi connectivity index (χ1v) is 7.33. The van der Waals surface area contributed by atoms with E-state index in [-0.39, 0.29) is 0 Å². The van der Waals surface area contributed by atoms with Gasteiger partial charge in [0.15, 0.2) is 0 Å². The van der Waals surface area contributed by atoms with Crippen molar-refractivity contribution in [2.45, 2.75) is 63.8 Å². The maximum Gasteiger partial charge on any atom is 0.225 e. The molecule has 1 amide bonds. The fourth-order valence-electron chi connectivity index (χ4n) is 3.02. The molecular formula is C14H26N2O. The van der Waals surface area contributed by atoms with Crippen molar-refractivity contribution in [3.8, 4) is 0 Å². The highest BCUT2D eigenvalue weighted by Crippen LogP contribution is 2.31. The summed E-state index contributed by atoms with van der Waals surface area (Å²) in [6.07, 6.45) is 10.8. The van der Waals surface area contributed by atoms with E-state index in [1.807, 2.05) is 0 Å². The van der Waals surface area contributed by atoms with E-state index in [1.54, 1.807) is 0 Å². The van der Waals surface area contributed by atoms with Crippen molar-refractivity contribution in [2.75, 3.05) is 13.1 Å². The standard InChI is InChI=1S/C14H26N2O/c15-10-5-11-16(13-8-2-1-3-9-13)14(17)12-6-4-7-12/h12-13H,1-11,15H2. The van der Waals surface area contributed by atoms with E-state index in [0.717, 1.165) is 25.8 Å². The molecule has 2 fully saturated rings. The lowest BCUT2D eigenvalue weighted by Crippen LogP contribution is -2.46. The SMILES string of the molecule is NCCCN(C(=O)C1CCC1)C1CCCCC1. The third kappa shape index (κ3) is 3.21. The number of carbonyl (C=O) groups is 1. The first-order chi connectivity index (χ1) is 8.33. The Morgan fingerprint density at radius 2 is 1.76 bits per heavy atom. The zero-order valence-corrected chi connectivity index (χ0v) is 10.9. The molecule has 0 unspecified atom stereocenters. The molecule has 3 nitrogen and oxygen atoms in total. The van der Waals surface area contributed by atoms with Gasteiger partial charge in [0.25, 0.3) is 0 Å². The van der Waals surface area contributed by atoms with Gasteiger partial charge in [-0.25, -0.2) is 0 Å². The van der Waals surface area contributed by atoms with E-state index >= 15 is 0 Å². The largest absolute Gasteiger partial charge is 0.339 e. The lowest BCUT2D eigenvalue weighted by Gasteiger charge is -2.38. The van der Waals surface area contributed by atoms with Crippen LogP contribution in [-0.4, -0.2) is 29.9 Å². The van der Waals surface area contributed by atoms with Gasteiger partial charge in [-0.2, -0.15) is 0 Å². The Morgan fingerprint density at radius 1 is 1.06 bits per heavy atom. The van der Waals surface area contributed by atoms with E-state index in [9.17, 15) is 4.79 Å². The highest BCUT2D eigenvalue weighted by Gasteiger charge is 2.33. The number of hydrogen-bond donors (Lipinski definition) is 1. The number of nitrogens with two attached hydrogens (primary N) is 1. The van der Waals surface area contributed by atoms with Gasteiger partial charge in [0.1, 0.15) is 0 Å². The van der Waals surface area contributed by atoms with Crippen molar-refractivity contribution in [3.63, 3.8) is 0 Å². The summed E-state index contributed by atoms with van der Waals surface area (Å²) in [4.78, 5) is 14.6. The van der Waals surface area contributed by atoms with Crippen LogP contribution >= 0.6 is 0 Å². The van der Waals surface area contributed by atoms with Crippen LogP contribution < -0.4 is 5.73 Å². The summed E-state index contributed by atoms with van der Waals surface area (Å²) in [7, 11) is 0. The molecule has 0 atom stereocenters. The monoisotopic (exact) mass is 238 g/mol. The van der Waals surface area contributed by atoms with Crippen LogP contribution in [0, 0.1) is 5.92 Å². The summed E-state index contributed by atoms with van der Waals surface area (Å²) in [5.74, 6) is 0.770. The minimum absolute atomic E-state index is 0.342. The lowest BCUT2D eigenvalue weighted by atomic mass is 9.83. The summed E-state index contributed by atoms with van der Waals surface area (Å²) in [6, 6.07) is 0.517. The van der Waals surface area contributed by atoms with Crippen LogP contribution in [0.2, 0.25) is 0 Å². The van der Waals surface area contributed by atoms with Crippen molar-refractivity contribution < 1.29 is 4.79 Å². The molecule has 0 radical (unpaired) electrons. The van der Waals surface area contributed by atoms with Crippen molar-refractivity contribution >= 4 is 5.91 Å². The summed E-state index contributed by atoms with van der Waals surface area (Å²) in [5, 5.41) is 0. The number of rotatable bonds is 5. The van der Waals surface area contributed by atoms with Crippen LogP contribution in [0.3, 0.4) is 0 Å². The van der Waals surface area contributed by atoms with E-state index in [0.29, 0.717) is 24.4 Å². The second-order valence-electron chi connectivity index (χ2n) is 5.59. The molecule has 0 aromatic carbocycles. The molecule has 98 valence electrons. The summed E-state index contributed by atoms with van der Waals surface area (Å²) >= 11 is 0. The molecule has 0 aromatic rings. The number of amides is 1. The van der Waals surface area contributed by atoms with Gasteiger partial charge in [-0.15, -0.1) is 0 Å². The Bertz CT molecular complexity index is 245. The minimum Gasteiger partial charge on any atom is -0.339 e. The molecule has 0 aliphatic heterocycles. The fraction of sp³-hybridized carbons (Fsp3) is 0.929. The van der Waals surface area contributed by atoms with Gasteiger partial charge in [-0.05, 0) is 38.6 Å². The Labute approximate surface area is 105 Å². The van der Waals surface area contributed by atoms with Crippen LogP contribution in [0.5, 0.6) is 0 Å². The van der Waals surface area contributed by atoms with Crippen molar-refractivity contribution in [2.24, 2.45) is 11.7 Å². The number of hydrogen-bond acceptors (Lipinski definition) is 2. The Morgan fingerprint density at radius 3 is 2.29 bits per heavy atom. The highest BCUT2D eigenvalue weighted by molar-refractivity contribution is 5.79. The molecule has 2 N–H and O–H groups in total. The topological polar surface area (TPSA) is 46.3 Å². The normalized spacial score (nSPS) is 22.2. The van der Waals surface area contributed by atoms with Crippen LogP contribution in [0.4, 0.5) is 0 Å². The number of carbonyl (C=O) groups excluding carboxylic acids is 1. The maximum absolute atomic E-state index is 12.4. The van der Waals surface area contributed by atoms with E-state index < -0.39 is 0 Å². The molecule has 2 aliphatic rings. The van der Waals surface area contributed by atoms with Crippen molar-refractivity contribution in [3.05, 3.63) is 0 Å². The van der Waals surface area contributed by atoms with Gasteiger partial charge >= 0.3 is 0 Å². The van der Waals surface area contributed by atoms with E-state index in [4.69, 9.17) is 5.73 Å². The molecule has 2 rings (SSSR count). The first-order valence-electron chi connectivity index (χ1n) is 7.33. The predicted octanol–water partition coefficient (Wildman–Crippen LogP) is 2.30. The van der Waals surface area contributed by atoms with Gasteiger partial charge in [-0.1, -0.05) is 25.7 Å². The molecule has 2 saturated carbocycles. The maximum atomic E-state index is 12.4. The third-order valence-electron chi connectivity index (χ3n) is 4.36. The zero-order chi connectivity index (χ0) is 12.1. The van der Waals surface area contributed by atoms with Gasteiger partial charge < -0.3 is 10.6 Å². The molecule has 0 aromatic heterocycles. The molecule has 0 spiro atoms. The number of nitrogens with zero attached hydrogens (tertiary/aromatic N) is 1. The van der Waals surface area contributed by atoms with Crippen LogP contribution in [-0.2, 0) is 4.79 Å². The first kappa shape index (κ1) is 12.9. The average molecular weight is 238 g/mol. The summed E-state index contributed by atoms with van der Waals surface area (Å²) < 4.78 is 0. The molecule has 0 saturated heterocycles. The van der Waals surface area contributed by atoms with Crippen LogP contribution in [0.25, 0.3) is 0 Å². The second kappa shape index (κ2) is 6.39. The van der Waals surface area contributed by atoms with Crippen LogP contribution in [0.1, 0.15) is 57.8 Å². The third-order valence-corrected chi connectivity index (χ3v) is 4.36. The second-order valence-corrected chi connectivity index (χ2v) is 5.59. The van der Waals surface area contributed by atoms with Crippen LogP contribution in [0.15, 0.2) is 0 Å². The predicted molar refractivity (Wildman–Crippen MR) is 69.6 cm³/mol. The Hall–Kier alpha value is -0.570. The quantitative estimate of drug-likeness (QED) is 0.799. The van der Waals surface area contributed by atoms with Crippen molar-refractivity contribution in [1.82, 2.24) is 4.90 Å². The highest BCUT2D eigenvalue weighted by atomic mass is 16.2. The van der Waals surface area contributed by atoms with Gasteiger partial charge in [-0.3, -0.25) is 4.79 Å². The van der Waals surface area contributed by atoms with Gasteiger partial charge in [0, 0.05) is 18.5 Å². The zero-order valence-electron chi connectivity index (χ0n) is 10.9. The van der Waals surface area contributed by atoms with Gasteiger partial charge in [0.05, 0.1) is 0 Å². The van der Waals surface area contributed by atoms with Crippen molar-refractivity contribution in [1.29, 1.82) is 0 Å². The molecule has 3 heteroatoms. The summed E-state index contributed by atoms with van der Waals surface area (Å²) in [6.45, 7) is 1.58. The van der Waals surface area contributed by atoms with E-state index in [2.05, 4.69) is 4.90 Å². The lowest BCUT2D eigenvalue weighted by molar-refractivity contribution is -0.141. The Balaban J connectivity index is 1.92. The molecule has 2 aliphatic carbocycles. The summed E-state index contributed by atoms with van der Waals surface area (Å²) in [5.41, 5.74) is 5.59. The Kier molecular flexibility index (Phi) is 4.84. The minimum atomic E-state index is 0.342. The smallest absolute Gasteiger partial charge is 0.225 e. The van der Waals surface area contributed by atoms with Gasteiger partial charge in [0.2, 0.25) is 5.91 Å². The molecule has 0 heterocycles. The molecule has 0 bridgehead atoms.